The molecule has 0 atom stereocenters. The number of hydrogen-bond donors (Lipinski definition) is 0. The lowest BCUT2D eigenvalue weighted by atomic mass is 10.2. The first-order valence-corrected chi connectivity index (χ1v) is 3.86. The molecule has 0 amide bonds. The van der Waals surface area contributed by atoms with Gasteiger partial charge in [0.2, 0.25) is 0 Å². The Morgan fingerprint density at radius 3 is 2.91 bits per heavy atom. The van der Waals surface area contributed by atoms with E-state index in [2.05, 4.69) is 4.98 Å². The molecule has 0 aromatic carbocycles. The lowest BCUT2D eigenvalue weighted by Gasteiger charge is -1.96. The van der Waals surface area contributed by atoms with E-state index >= 15 is 0 Å². The second-order valence-electron chi connectivity index (χ2n) is 1.90. The fraction of sp³-hybridized carbons (Fsp3) is 0.143. The summed E-state index contributed by atoms with van der Waals surface area (Å²) in [5.41, 5.74) is 0.379. The number of ketones is 1. The Kier molecular flexibility index (Phi) is 2.85. The fourth-order valence-corrected chi connectivity index (χ4v) is 1.03. The SMILES string of the molecule is O=C(CCl)c1cccnc1Cl. The minimum atomic E-state index is -0.204. The second-order valence-corrected chi connectivity index (χ2v) is 2.52. The maximum absolute atomic E-state index is 11.0. The molecule has 58 valence electrons. The monoisotopic (exact) mass is 189 g/mol. The number of carbonyl (C=O) groups excluding carboxylic acids is 1. The van der Waals surface area contributed by atoms with Crippen molar-refractivity contribution in [2.75, 3.05) is 5.88 Å². The van der Waals surface area contributed by atoms with Crippen molar-refractivity contribution in [3.05, 3.63) is 29.0 Å². The minimum absolute atomic E-state index is 0.0641. The molecule has 0 saturated carbocycles. The molecule has 11 heavy (non-hydrogen) atoms. The maximum atomic E-state index is 11.0. The van der Waals surface area contributed by atoms with Crippen LogP contribution in [-0.2, 0) is 0 Å². The molecule has 0 aliphatic heterocycles. The molecular formula is C7H5Cl2NO. The van der Waals surface area contributed by atoms with Crippen molar-refractivity contribution in [3.63, 3.8) is 0 Å². The van der Waals surface area contributed by atoms with Crippen molar-refractivity contribution < 1.29 is 4.79 Å². The smallest absolute Gasteiger partial charge is 0.180 e. The van der Waals surface area contributed by atoms with Gasteiger partial charge in [0.15, 0.2) is 5.78 Å². The minimum Gasteiger partial charge on any atom is -0.293 e. The highest BCUT2D eigenvalue weighted by atomic mass is 35.5. The summed E-state index contributed by atoms with van der Waals surface area (Å²) >= 11 is 10.9. The number of nitrogens with zero attached hydrogens (tertiary/aromatic N) is 1. The Balaban J connectivity index is 3.03. The maximum Gasteiger partial charge on any atom is 0.180 e. The number of aromatic nitrogens is 1. The highest BCUT2D eigenvalue weighted by molar-refractivity contribution is 6.36. The van der Waals surface area contributed by atoms with Gasteiger partial charge in [-0.2, -0.15) is 0 Å². The van der Waals surface area contributed by atoms with Crippen LogP contribution in [-0.4, -0.2) is 16.6 Å². The van der Waals surface area contributed by atoms with Crippen LogP contribution in [0.1, 0.15) is 10.4 Å². The molecule has 0 aliphatic carbocycles. The largest absolute Gasteiger partial charge is 0.293 e. The van der Waals surface area contributed by atoms with Crippen molar-refractivity contribution >= 4 is 29.0 Å². The Morgan fingerprint density at radius 2 is 2.36 bits per heavy atom. The van der Waals surface area contributed by atoms with Crippen LogP contribution in [0.3, 0.4) is 0 Å². The summed E-state index contributed by atoms with van der Waals surface area (Å²) in [5.74, 6) is -0.268. The van der Waals surface area contributed by atoms with Crippen LogP contribution in [0.15, 0.2) is 18.3 Å². The van der Waals surface area contributed by atoms with Gasteiger partial charge < -0.3 is 0 Å². The topological polar surface area (TPSA) is 30.0 Å². The molecule has 1 heterocycles. The number of pyridine rings is 1. The third kappa shape index (κ3) is 1.91. The Bertz CT molecular complexity index is 275. The number of Topliss-reactive ketones (excluding diaryl/α,β-unsaturated/α-hetero) is 1. The normalized spacial score (nSPS) is 9.64. The van der Waals surface area contributed by atoms with Crippen molar-refractivity contribution in [1.82, 2.24) is 4.98 Å². The van der Waals surface area contributed by atoms with Crippen molar-refractivity contribution in [1.29, 1.82) is 0 Å². The summed E-state index contributed by atoms with van der Waals surface area (Å²) in [6, 6.07) is 3.24. The predicted molar refractivity (Wildman–Crippen MR) is 44.3 cm³/mol. The first-order valence-electron chi connectivity index (χ1n) is 2.95. The average molecular weight is 190 g/mol. The van der Waals surface area contributed by atoms with Crippen molar-refractivity contribution in [2.24, 2.45) is 0 Å². The number of halogens is 2. The Hall–Kier alpha value is -0.600. The van der Waals surface area contributed by atoms with Crippen LogP contribution in [0.2, 0.25) is 5.15 Å². The molecular weight excluding hydrogens is 185 g/mol. The summed E-state index contributed by atoms with van der Waals surface area (Å²) in [4.78, 5) is 14.7. The van der Waals surface area contributed by atoms with Gasteiger partial charge in [-0.3, -0.25) is 4.79 Å². The molecule has 0 unspecified atom stereocenters. The van der Waals surface area contributed by atoms with Gasteiger partial charge in [0.05, 0.1) is 11.4 Å². The molecule has 0 bridgehead atoms. The highest BCUT2D eigenvalue weighted by Gasteiger charge is 2.07. The predicted octanol–water partition coefficient (Wildman–Crippen LogP) is 2.16. The number of hydrogen-bond acceptors (Lipinski definition) is 2. The van der Waals surface area contributed by atoms with E-state index in [1.807, 2.05) is 0 Å². The van der Waals surface area contributed by atoms with Crippen molar-refractivity contribution in [2.45, 2.75) is 0 Å². The number of rotatable bonds is 2. The van der Waals surface area contributed by atoms with Crippen LogP contribution >= 0.6 is 23.2 Å². The molecule has 1 rings (SSSR count). The zero-order valence-electron chi connectivity index (χ0n) is 5.55. The zero-order valence-corrected chi connectivity index (χ0v) is 7.06. The lowest BCUT2D eigenvalue weighted by molar-refractivity contribution is 0.102. The third-order valence-corrected chi connectivity index (χ3v) is 1.72. The average Bonchev–Trinajstić information content (AvgIpc) is 2.04. The standard InChI is InChI=1S/C7H5Cl2NO/c8-4-6(11)5-2-1-3-10-7(5)9/h1-3H,4H2. The van der Waals surface area contributed by atoms with E-state index in [0.717, 1.165) is 0 Å². The van der Waals surface area contributed by atoms with Gasteiger partial charge in [-0.1, -0.05) is 11.6 Å². The van der Waals surface area contributed by atoms with Crippen LogP contribution in [0.4, 0.5) is 0 Å². The number of alkyl halides is 1. The first-order chi connectivity index (χ1) is 5.25. The fourth-order valence-electron chi connectivity index (χ4n) is 0.666. The molecule has 0 radical (unpaired) electrons. The van der Waals surface area contributed by atoms with Crippen LogP contribution in [0, 0.1) is 0 Å². The summed E-state index contributed by atoms with van der Waals surface area (Å²) in [5, 5.41) is 0.207. The Labute approximate surface area is 74.1 Å². The molecule has 0 spiro atoms. The second kappa shape index (κ2) is 3.69. The van der Waals surface area contributed by atoms with E-state index in [1.165, 1.54) is 6.20 Å². The van der Waals surface area contributed by atoms with Gasteiger partial charge in [-0.15, -0.1) is 11.6 Å². The quantitative estimate of drug-likeness (QED) is 0.406. The van der Waals surface area contributed by atoms with Gasteiger partial charge in [-0.25, -0.2) is 4.98 Å². The summed E-state index contributed by atoms with van der Waals surface area (Å²) in [6.45, 7) is 0. The van der Waals surface area contributed by atoms with Gasteiger partial charge >= 0.3 is 0 Å². The molecule has 0 saturated heterocycles. The van der Waals surface area contributed by atoms with Crippen LogP contribution in [0.5, 0.6) is 0 Å². The van der Waals surface area contributed by atoms with E-state index in [-0.39, 0.29) is 16.8 Å². The molecule has 0 aliphatic rings. The van der Waals surface area contributed by atoms with E-state index in [0.29, 0.717) is 5.56 Å². The summed E-state index contributed by atoms with van der Waals surface area (Å²) < 4.78 is 0. The Morgan fingerprint density at radius 1 is 1.64 bits per heavy atom. The molecule has 1 aromatic heterocycles. The van der Waals surface area contributed by atoms with E-state index in [1.54, 1.807) is 12.1 Å². The molecule has 2 nitrogen and oxygen atoms in total. The summed E-state index contributed by atoms with van der Waals surface area (Å²) in [6.07, 6.45) is 1.52. The van der Waals surface area contributed by atoms with Crippen LogP contribution in [0.25, 0.3) is 0 Å². The lowest BCUT2D eigenvalue weighted by Crippen LogP contribution is -2.01. The third-order valence-electron chi connectivity index (χ3n) is 1.18. The van der Waals surface area contributed by atoms with Gasteiger partial charge in [0.25, 0.3) is 0 Å². The highest BCUT2D eigenvalue weighted by Crippen LogP contribution is 2.12. The first kappa shape index (κ1) is 8.50. The van der Waals surface area contributed by atoms with Gasteiger partial charge in [0, 0.05) is 6.20 Å². The molecule has 1 aromatic rings. The summed E-state index contributed by atoms with van der Waals surface area (Å²) in [7, 11) is 0. The molecule has 0 N–H and O–H groups in total. The zero-order chi connectivity index (χ0) is 8.27. The van der Waals surface area contributed by atoms with E-state index in [9.17, 15) is 4.79 Å². The van der Waals surface area contributed by atoms with Gasteiger partial charge in [-0.05, 0) is 12.1 Å². The van der Waals surface area contributed by atoms with Crippen molar-refractivity contribution in [3.8, 4) is 0 Å². The van der Waals surface area contributed by atoms with Crippen LogP contribution < -0.4 is 0 Å². The molecule has 0 fully saturated rings. The van der Waals surface area contributed by atoms with E-state index < -0.39 is 0 Å². The number of carbonyl (C=O) groups is 1. The molecule has 4 heteroatoms. The van der Waals surface area contributed by atoms with Gasteiger partial charge in [0.1, 0.15) is 5.15 Å². The van der Waals surface area contributed by atoms with E-state index in [4.69, 9.17) is 23.2 Å².